The van der Waals surface area contributed by atoms with Crippen LogP contribution in [0.5, 0.6) is 0 Å². The summed E-state index contributed by atoms with van der Waals surface area (Å²) < 4.78 is 5.94. The molecular weight excluding hydrogens is 286 g/mol. The minimum absolute atomic E-state index is 0.0491. The normalized spacial score (nSPS) is 27.2. The van der Waals surface area contributed by atoms with E-state index in [1.165, 1.54) is 0 Å². The number of rotatable bonds is 3. The van der Waals surface area contributed by atoms with Crippen LogP contribution in [0.2, 0.25) is 0 Å². The van der Waals surface area contributed by atoms with Crippen LogP contribution in [0.3, 0.4) is 0 Å². The zero-order valence-electron chi connectivity index (χ0n) is 13.6. The van der Waals surface area contributed by atoms with Crippen LogP contribution in [0.1, 0.15) is 18.9 Å². The number of hydrogen-bond acceptors (Lipinski definition) is 4. The molecule has 2 aliphatic heterocycles. The van der Waals surface area contributed by atoms with E-state index in [9.17, 15) is 10.5 Å². The number of ether oxygens (including phenoxy) is 1. The molecule has 116 valence electrons. The number of anilines is 1. The van der Waals surface area contributed by atoms with E-state index in [4.69, 9.17) is 4.74 Å². The summed E-state index contributed by atoms with van der Waals surface area (Å²) in [5.74, 6) is 0.738. The smallest absolute Gasteiger partial charge is 0.193 e. The van der Waals surface area contributed by atoms with E-state index in [-0.39, 0.29) is 5.92 Å². The Morgan fingerprint density at radius 3 is 2.43 bits per heavy atom. The molecule has 1 aliphatic carbocycles. The predicted octanol–water partition coefficient (Wildman–Crippen LogP) is 3.49. The SMILES string of the molecule is CC1=CC2CC(/C=C/c3ccc(N(C)C)cc3)(O1)C2(C#N)C#N. The maximum atomic E-state index is 9.57. The lowest BCUT2D eigenvalue weighted by Gasteiger charge is -2.57. The molecule has 4 nitrogen and oxygen atoms in total. The van der Waals surface area contributed by atoms with Crippen LogP contribution in [0.25, 0.3) is 6.08 Å². The predicted molar refractivity (Wildman–Crippen MR) is 89.1 cm³/mol. The molecule has 0 saturated heterocycles. The number of fused-ring (bicyclic) bond motifs is 1. The molecule has 1 fully saturated rings. The first-order valence-corrected chi connectivity index (χ1v) is 7.63. The molecule has 0 amide bonds. The van der Waals surface area contributed by atoms with Crippen LogP contribution in [0.4, 0.5) is 5.69 Å². The molecule has 0 aromatic heterocycles. The lowest BCUT2D eigenvalue weighted by molar-refractivity contribution is -0.137. The highest BCUT2D eigenvalue weighted by molar-refractivity contribution is 5.58. The Balaban J connectivity index is 1.91. The number of nitrogens with zero attached hydrogens (tertiary/aromatic N) is 3. The standard InChI is InChI=1S/C19H19N3O/c1-14-10-16-11-19(23-14,18(16,12-20)13-21)9-8-15-4-6-17(7-5-15)22(2)3/h4-10,16H,11H2,1-3H3/b9-8+. The van der Waals surface area contributed by atoms with Gasteiger partial charge in [-0.25, -0.2) is 0 Å². The van der Waals surface area contributed by atoms with Gasteiger partial charge >= 0.3 is 0 Å². The molecule has 0 N–H and O–H groups in total. The van der Waals surface area contributed by atoms with E-state index in [2.05, 4.69) is 12.1 Å². The Labute approximate surface area is 136 Å². The zero-order chi connectivity index (χ0) is 16.7. The second kappa shape index (κ2) is 5.18. The Morgan fingerprint density at radius 2 is 1.87 bits per heavy atom. The van der Waals surface area contributed by atoms with Crippen LogP contribution >= 0.6 is 0 Å². The van der Waals surface area contributed by atoms with Crippen molar-refractivity contribution in [3.8, 4) is 12.1 Å². The Morgan fingerprint density at radius 1 is 1.22 bits per heavy atom. The fourth-order valence-electron chi connectivity index (χ4n) is 3.46. The van der Waals surface area contributed by atoms with Gasteiger partial charge in [0.05, 0.1) is 17.9 Å². The van der Waals surface area contributed by atoms with E-state index in [0.29, 0.717) is 6.42 Å². The summed E-state index contributed by atoms with van der Waals surface area (Å²) in [7, 11) is 4.00. The minimum Gasteiger partial charge on any atom is -0.485 e. The molecule has 2 atom stereocenters. The quantitative estimate of drug-likeness (QED) is 0.857. The van der Waals surface area contributed by atoms with Crippen LogP contribution in [0.15, 0.2) is 42.2 Å². The summed E-state index contributed by atoms with van der Waals surface area (Å²) in [6.45, 7) is 1.87. The lowest BCUT2D eigenvalue weighted by atomic mass is 9.49. The number of benzene rings is 1. The molecule has 3 aliphatic rings. The van der Waals surface area contributed by atoms with Crippen molar-refractivity contribution in [1.29, 1.82) is 10.5 Å². The third kappa shape index (κ3) is 2.11. The molecular formula is C19H19N3O. The number of nitriles is 2. The monoisotopic (exact) mass is 305 g/mol. The first-order valence-electron chi connectivity index (χ1n) is 7.63. The van der Waals surface area contributed by atoms with Gasteiger partial charge < -0.3 is 9.64 Å². The van der Waals surface area contributed by atoms with Crippen molar-refractivity contribution in [2.75, 3.05) is 19.0 Å². The summed E-state index contributed by atoms with van der Waals surface area (Å²) in [5, 5.41) is 19.1. The summed E-state index contributed by atoms with van der Waals surface area (Å²) >= 11 is 0. The van der Waals surface area contributed by atoms with E-state index < -0.39 is 11.0 Å². The Kier molecular flexibility index (Phi) is 3.42. The van der Waals surface area contributed by atoms with Gasteiger partial charge in [-0.1, -0.05) is 18.2 Å². The van der Waals surface area contributed by atoms with E-state index >= 15 is 0 Å². The molecule has 4 rings (SSSR count). The maximum Gasteiger partial charge on any atom is 0.193 e. The molecule has 0 spiro atoms. The Bertz CT molecular complexity index is 747. The summed E-state index contributed by atoms with van der Waals surface area (Å²) in [4.78, 5) is 2.04. The van der Waals surface area contributed by atoms with Gasteiger partial charge in [0.15, 0.2) is 11.0 Å². The second-order valence-corrected chi connectivity index (χ2v) is 6.43. The van der Waals surface area contributed by atoms with Crippen LogP contribution in [-0.2, 0) is 4.74 Å². The molecule has 4 heteroatoms. The van der Waals surface area contributed by atoms with Crippen molar-refractivity contribution in [2.24, 2.45) is 11.3 Å². The second-order valence-electron chi connectivity index (χ2n) is 6.43. The van der Waals surface area contributed by atoms with Crippen molar-refractivity contribution in [1.82, 2.24) is 0 Å². The lowest BCUT2D eigenvalue weighted by Crippen LogP contribution is -2.64. The highest BCUT2D eigenvalue weighted by Gasteiger charge is 2.69. The van der Waals surface area contributed by atoms with Gasteiger partial charge in [0.2, 0.25) is 0 Å². The van der Waals surface area contributed by atoms with Gasteiger partial charge in [0, 0.05) is 32.1 Å². The Hall–Kier alpha value is -2.72. The largest absolute Gasteiger partial charge is 0.485 e. The molecule has 23 heavy (non-hydrogen) atoms. The fourth-order valence-corrected chi connectivity index (χ4v) is 3.46. The van der Waals surface area contributed by atoms with E-state index in [1.807, 2.05) is 68.4 Å². The van der Waals surface area contributed by atoms with Crippen LogP contribution in [-0.4, -0.2) is 19.7 Å². The van der Waals surface area contributed by atoms with Gasteiger partial charge in [-0.3, -0.25) is 0 Å². The van der Waals surface area contributed by atoms with Gasteiger partial charge in [-0.2, -0.15) is 10.5 Å². The third-order valence-corrected chi connectivity index (χ3v) is 4.83. The molecule has 2 bridgehead atoms. The van der Waals surface area contributed by atoms with Crippen LogP contribution in [0, 0.1) is 34.0 Å². The fraction of sp³-hybridized carbons (Fsp3) is 0.368. The summed E-state index contributed by atoms with van der Waals surface area (Å²) in [6, 6.07) is 12.5. The number of allylic oxidation sites excluding steroid dienone is 2. The highest BCUT2D eigenvalue weighted by atomic mass is 16.5. The zero-order valence-corrected chi connectivity index (χ0v) is 13.6. The molecule has 0 radical (unpaired) electrons. The third-order valence-electron chi connectivity index (χ3n) is 4.83. The van der Waals surface area contributed by atoms with Crippen molar-refractivity contribution in [2.45, 2.75) is 18.9 Å². The average molecular weight is 305 g/mol. The topological polar surface area (TPSA) is 60.0 Å². The van der Waals surface area contributed by atoms with Gasteiger partial charge in [-0.05, 0) is 36.8 Å². The first kappa shape index (κ1) is 15.2. The molecule has 2 heterocycles. The van der Waals surface area contributed by atoms with Gasteiger partial charge in [0.1, 0.15) is 0 Å². The number of hydrogen-bond donors (Lipinski definition) is 0. The molecule has 1 saturated carbocycles. The van der Waals surface area contributed by atoms with Crippen molar-refractivity contribution in [3.05, 3.63) is 47.7 Å². The van der Waals surface area contributed by atoms with E-state index in [0.717, 1.165) is 17.0 Å². The minimum atomic E-state index is -1.12. The van der Waals surface area contributed by atoms with Gasteiger partial charge in [-0.15, -0.1) is 0 Å². The average Bonchev–Trinajstić information content (AvgIpc) is 2.54. The summed E-state index contributed by atoms with van der Waals surface area (Å²) in [5.41, 5.74) is 0.196. The van der Waals surface area contributed by atoms with Gasteiger partial charge in [0.25, 0.3) is 0 Å². The van der Waals surface area contributed by atoms with Crippen molar-refractivity contribution < 1.29 is 4.74 Å². The van der Waals surface area contributed by atoms with E-state index in [1.54, 1.807) is 0 Å². The van der Waals surface area contributed by atoms with Crippen LogP contribution < -0.4 is 4.90 Å². The molecule has 1 aromatic carbocycles. The van der Waals surface area contributed by atoms with Crippen molar-refractivity contribution in [3.63, 3.8) is 0 Å². The first-order chi connectivity index (χ1) is 11.0. The molecule has 1 aromatic rings. The highest BCUT2D eigenvalue weighted by Crippen LogP contribution is 2.61. The maximum absolute atomic E-state index is 9.57. The molecule has 2 unspecified atom stereocenters. The van der Waals surface area contributed by atoms with Crippen molar-refractivity contribution >= 4 is 11.8 Å². The summed E-state index contributed by atoms with van der Waals surface area (Å²) in [6.07, 6.45) is 6.40.